The van der Waals surface area contributed by atoms with Crippen LogP contribution in [-0.2, 0) is 18.9 Å². The second kappa shape index (κ2) is 5.23. The molecule has 0 amide bonds. The Morgan fingerprint density at radius 2 is 1.95 bits per heavy atom. The predicted molar refractivity (Wildman–Crippen MR) is 72.6 cm³/mol. The standard InChI is InChI=1S/C15H20O6/c1-15(2)20-13-12(18-3)11(19-14(13)21-15)10(17)8-6-4-5-7-9(8)16/h4-7,10-14,16-17H,1-3H3/t10-,11+,12-,13+,14+/m0/s1. The molecular weight excluding hydrogens is 276 g/mol. The quantitative estimate of drug-likeness (QED) is 0.876. The maximum atomic E-state index is 10.5. The summed E-state index contributed by atoms with van der Waals surface area (Å²) in [4.78, 5) is 0. The molecular formula is C15H20O6. The van der Waals surface area contributed by atoms with Gasteiger partial charge in [-0.2, -0.15) is 0 Å². The van der Waals surface area contributed by atoms with E-state index in [1.165, 1.54) is 13.2 Å². The Hall–Kier alpha value is -1.18. The van der Waals surface area contributed by atoms with Crippen LogP contribution < -0.4 is 0 Å². The summed E-state index contributed by atoms with van der Waals surface area (Å²) < 4.78 is 22.6. The van der Waals surface area contributed by atoms with Gasteiger partial charge >= 0.3 is 0 Å². The number of phenolic OH excluding ortho intramolecular Hbond substituents is 1. The van der Waals surface area contributed by atoms with Gasteiger partial charge in [0.15, 0.2) is 12.1 Å². The molecule has 0 radical (unpaired) electrons. The molecule has 5 atom stereocenters. The summed E-state index contributed by atoms with van der Waals surface area (Å²) in [7, 11) is 1.54. The molecule has 0 aliphatic carbocycles. The zero-order valence-corrected chi connectivity index (χ0v) is 12.2. The van der Waals surface area contributed by atoms with Gasteiger partial charge in [0.25, 0.3) is 0 Å². The van der Waals surface area contributed by atoms with Crippen molar-refractivity contribution in [1.82, 2.24) is 0 Å². The number of aliphatic hydroxyl groups excluding tert-OH is 1. The first-order valence-corrected chi connectivity index (χ1v) is 6.93. The number of aliphatic hydroxyl groups is 1. The lowest BCUT2D eigenvalue weighted by Crippen LogP contribution is -2.39. The lowest BCUT2D eigenvalue weighted by molar-refractivity contribution is -0.228. The molecule has 3 rings (SSSR count). The zero-order valence-electron chi connectivity index (χ0n) is 12.2. The molecule has 2 N–H and O–H groups in total. The van der Waals surface area contributed by atoms with Gasteiger partial charge in [0.05, 0.1) is 0 Å². The third-order valence-electron chi connectivity index (χ3n) is 3.87. The van der Waals surface area contributed by atoms with E-state index < -0.39 is 36.5 Å². The number of methoxy groups -OCH3 is 1. The molecule has 0 bridgehead atoms. The molecule has 0 spiro atoms. The average molecular weight is 296 g/mol. The Bertz CT molecular complexity index is 517. The van der Waals surface area contributed by atoms with E-state index in [9.17, 15) is 10.2 Å². The van der Waals surface area contributed by atoms with Gasteiger partial charge in [0.1, 0.15) is 30.2 Å². The van der Waals surface area contributed by atoms with E-state index in [1.807, 2.05) is 0 Å². The van der Waals surface area contributed by atoms with E-state index >= 15 is 0 Å². The van der Waals surface area contributed by atoms with Gasteiger partial charge < -0.3 is 29.2 Å². The second-order valence-electron chi connectivity index (χ2n) is 5.77. The summed E-state index contributed by atoms with van der Waals surface area (Å²) in [6.45, 7) is 3.60. The van der Waals surface area contributed by atoms with Gasteiger partial charge in [-0.15, -0.1) is 0 Å². The van der Waals surface area contributed by atoms with Gasteiger partial charge in [-0.05, 0) is 19.9 Å². The molecule has 116 valence electrons. The lowest BCUT2D eigenvalue weighted by atomic mass is 9.98. The van der Waals surface area contributed by atoms with Crippen LogP contribution in [0.15, 0.2) is 24.3 Å². The first kappa shape index (κ1) is 14.7. The molecule has 2 fully saturated rings. The third kappa shape index (κ3) is 2.54. The number of phenols is 1. The van der Waals surface area contributed by atoms with Gasteiger partial charge in [-0.1, -0.05) is 18.2 Å². The number of hydrogen-bond donors (Lipinski definition) is 2. The third-order valence-corrected chi connectivity index (χ3v) is 3.87. The Kier molecular flexibility index (Phi) is 3.67. The highest BCUT2D eigenvalue weighted by Gasteiger charge is 2.57. The maximum Gasteiger partial charge on any atom is 0.190 e. The van der Waals surface area contributed by atoms with Crippen molar-refractivity contribution >= 4 is 0 Å². The van der Waals surface area contributed by atoms with Crippen molar-refractivity contribution in [2.45, 2.75) is 50.3 Å². The number of ether oxygens (including phenoxy) is 4. The number of benzene rings is 1. The van der Waals surface area contributed by atoms with E-state index in [-0.39, 0.29) is 5.75 Å². The summed E-state index contributed by atoms with van der Waals surface area (Å²) in [5.41, 5.74) is 0.392. The lowest BCUT2D eigenvalue weighted by Gasteiger charge is -2.28. The Morgan fingerprint density at radius 1 is 1.24 bits per heavy atom. The first-order chi connectivity index (χ1) is 9.93. The van der Waals surface area contributed by atoms with Gasteiger partial charge in [0, 0.05) is 12.7 Å². The SMILES string of the molecule is CO[C@@H]1[C@H]2OC(C)(C)O[C@H]2O[C@@H]1[C@@H](O)c1ccccc1O. The zero-order chi connectivity index (χ0) is 15.2. The Morgan fingerprint density at radius 3 is 2.62 bits per heavy atom. The van der Waals surface area contributed by atoms with E-state index in [1.54, 1.807) is 32.0 Å². The van der Waals surface area contributed by atoms with E-state index in [4.69, 9.17) is 18.9 Å². The van der Waals surface area contributed by atoms with Crippen molar-refractivity contribution in [1.29, 1.82) is 0 Å². The summed E-state index contributed by atoms with van der Waals surface area (Å²) in [5, 5.41) is 20.4. The highest BCUT2D eigenvalue weighted by atomic mass is 16.8. The molecule has 21 heavy (non-hydrogen) atoms. The van der Waals surface area contributed by atoms with Crippen molar-refractivity contribution in [3.63, 3.8) is 0 Å². The summed E-state index contributed by atoms with van der Waals surface area (Å²) in [6, 6.07) is 6.60. The van der Waals surface area contributed by atoms with Crippen molar-refractivity contribution in [2.24, 2.45) is 0 Å². The van der Waals surface area contributed by atoms with E-state index in [2.05, 4.69) is 0 Å². The van der Waals surface area contributed by atoms with Crippen molar-refractivity contribution in [2.75, 3.05) is 7.11 Å². The normalized spacial score (nSPS) is 35.6. The molecule has 6 heteroatoms. The van der Waals surface area contributed by atoms with Gasteiger partial charge in [-0.25, -0.2) is 0 Å². The Balaban J connectivity index is 1.83. The molecule has 2 aliphatic heterocycles. The van der Waals surface area contributed by atoms with Crippen molar-refractivity contribution < 1.29 is 29.2 Å². The molecule has 6 nitrogen and oxygen atoms in total. The molecule has 2 aliphatic rings. The summed E-state index contributed by atoms with van der Waals surface area (Å²) in [6.07, 6.45) is -3.18. The number of aromatic hydroxyl groups is 1. The smallest absolute Gasteiger partial charge is 0.190 e. The fourth-order valence-electron chi connectivity index (χ4n) is 2.94. The molecule has 2 saturated heterocycles. The number of hydrogen-bond acceptors (Lipinski definition) is 6. The van der Waals surface area contributed by atoms with Gasteiger partial charge in [-0.3, -0.25) is 0 Å². The Labute approximate surface area is 123 Å². The van der Waals surface area contributed by atoms with Crippen LogP contribution in [-0.4, -0.2) is 47.7 Å². The van der Waals surface area contributed by atoms with Crippen LogP contribution in [0.4, 0.5) is 0 Å². The fourth-order valence-corrected chi connectivity index (χ4v) is 2.94. The minimum atomic E-state index is -1.03. The van der Waals surface area contributed by atoms with Crippen LogP contribution in [0.5, 0.6) is 5.75 Å². The number of rotatable bonds is 3. The monoisotopic (exact) mass is 296 g/mol. The first-order valence-electron chi connectivity index (χ1n) is 6.93. The minimum Gasteiger partial charge on any atom is -0.508 e. The molecule has 0 unspecified atom stereocenters. The van der Waals surface area contributed by atoms with E-state index in [0.29, 0.717) is 5.56 Å². The summed E-state index contributed by atoms with van der Waals surface area (Å²) >= 11 is 0. The highest BCUT2D eigenvalue weighted by Crippen LogP contribution is 2.42. The van der Waals surface area contributed by atoms with E-state index in [0.717, 1.165) is 0 Å². The number of fused-ring (bicyclic) bond motifs is 1. The predicted octanol–water partition coefficient (Wildman–Crippen LogP) is 1.32. The van der Waals surface area contributed by atoms with Crippen LogP contribution in [0.25, 0.3) is 0 Å². The second-order valence-corrected chi connectivity index (χ2v) is 5.77. The van der Waals surface area contributed by atoms with Crippen LogP contribution in [0, 0.1) is 0 Å². The van der Waals surface area contributed by atoms with Crippen LogP contribution in [0.2, 0.25) is 0 Å². The van der Waals surface area contributed by atoms with Crippen molar-refractivity contribution in [3.8, 4) is 5.75 Å². The summed E-state index contributed by atoms with van der Waals surface area (Å²) in [5.74, 6) is -0.723. The topological polar surface area (TPSA) is 77.4 Å². The molecule has 2 heterocycles. The van der Waals surface area contributed by atoms with Crippen LogP contribution >= 0.6 is 0 Å². The minimum absolute atomic E-state index is 0.0164. The largest absolute Gasteiger partial charge is 0.508 e. The maximum absolute atomic E-state index is 10.5. The van der Waals surface area contributed by atoms with Crippen LogP contribution in [0.1, 0.15) is 25.5 Å². The molecule has 0 aromatic heterocycles. The molecule has 1 aromatic rings. The highest BCUT2D eigenvalue weighted by molar-refractivity contribution is 5.34. The van der Waals surface area contributed by atoms with Gasteiger partial charge in [0.2, 0.25) is 0 Å². The average Bonchev–Trinajstić information content (AvgIpc) is 2.89. The number of para-hydroxylation sites is 1. The molecule has 0 saturated carbocycles. The van der Waals surface area contributed by atoms with Crippen LogP contribution in [0.3, 0.4) is 0 Å². The van der Waals surface area contributed by atoms with Crippen molar-refractivity contribution in [3.05, 3.63) is 29.8 Å². The fraction of sp³-hybridized carbons (Fsp3) is 0.600. The molecule has 1 aromatic carbocycles.